The first-order valence-corrected chi connectivity index (χ1v) is 2.69. The fourth-order valence-corrected chi connectivity index (χ4v) is 0.487. The first kappa shape index (κ1) is 12.8. The fourth-order valence-electron chi connectivity index (χ4n) is 0.487. The van der Waals surface area contributed by atoms with E-state index in [9.17, 15) is 9.59 Å². The normalized spacial score (nSPS) is 11.4. The quantitative estimate of drug-likeness (QED) is 0.550. The summed E-state index contributed by atoms with van der Waals surface area (Å²) >= 11 is 0. The predicted octanol–water partition coefficient (Wildman–Crippen LogP) is -0.444. The minimum atomic E-state index is -1.15. The van der Waals surface area contributed by atoms with Gasteiger partial charge in [-0.15, -0.1) is 12.4 Å². The third-order valence-electron chi connectivity index (χ3n) is 1.03. The lowest BCUT2D eigenvalue weighted by molar-refractivity contribution is -0.145. The molecule has 0 aliphatic rings. The van der Waals surface area contributed by atoms with E-state index in [1.54, 1.807) is 0 Å². The highest BCUT2D eigenvalue weighted by atomic mass is 35.5. The molecule has 0 aromatic rings. The maximum atomic E-state index is 10.1. The molecular formula is C5H10ClNO4. The lowest BCUT2D eigenvalue weighted by Gasteiger charge is -2.06. The van der Waals surface area contributed by atoms with Crippen LogP contribution in [0.5, 0.6) is 0 Å². The van der Waals surface area contributed by atoms with Crippen molar-refractivity contribution in [1.29, 1.82) is 0 Å². The number of halogens is 1. The van der Waals surface area contributed by atoms with E-state index in [1.807, 2.05) is 0 Å². The molecule has 0 aliphatic heterocycles. The summed E-state index contributed by atoms with van der Waals surface area (Å²) in [5.74, 6) is -2.27. The van der Waals surface area contributed by atoms with Gasteiger partial charge in [-0.05, 0) is 7.05 Å². The zero-order chi connectivity index (χ0) is 8.15. The van der Waals surface area contributed by atoms with E-state index in [1.165, 1.54) is 7.05 Å². The molecule has 0 heterocycles. The van der Waals surface area contributed by atoms with E-state index in [4.69, 9.17) is 10.2 Å². The van der Waals surface area contributed by atoms with Gasteiger partial charge in [0.05, 0.1) is 6.42 Å². The van der Waals surface area contributed by atoms with Gasteiger partial charge in [-0.25, -0.2) is 0 Å². The fraction of sp³-hybridized carbons (Fsp3) is 0.600. The predicted molar refractivity (Wildman–Crippen MR) is 40.0 cm³/mol. The smallest absolute Gasteiger partial charge is 0.321 e. The van der Waals surface area contributed by atoms with Crippen molar-refractivity contribution in [3.63, 3.8) is 0 Å². The highest BCUT2D eigenvalue weighted by molar-refractivity contribution is 5.85. The number of hydrogen-bond donors (Lipinski definition) is 3. The summed E-state index contributed by atoms with van der Waals surface area (Å²) in [5, 5.41) is 18.8. The Morgan fingerprint density at radius 1 is 1.45 bits per heavy atom. The lowest BCUT2D eigenvalue weighted by atomic mass is 10.2. The Kier molecular flexibility index (Phi) is 6.92. The van der Waals surface area contributed by atoms with Gasteiger partial charge < -0.3 is 15.5 Å². The second-order valence-electron chi connectivity index (χ2n) is 1.78. The Hall–Kier alpha value is -0.810. The van der Waals surface area contributed by atoms with Crippen LogP contribution in [0.1, 0.15) is 6.42 Å². The zero-order valence-corrected chi connectivity index (χ0v) is 6.72. The van der Waals surface area contributed by atoms with E-state index in [0.29, 0.717) is 0 Å². The topological polar surface area (TPSA) is 86.6 Å². The van der Waals surface area contributed by atoms with E-state index >= 15 is 0 Å². The van der Waals surface area contributed by atoms with Gasteiger partial charge in [0.25, 0.3) is 0 Å². The molecule has 0 aromatic heterocycles. The number of hydrogen-bond acceptors (Lipinski definition) is 3. The maximum absolute atomic E-state index is 10.1. The summed E-state index contributed by atoms with van der Waals surface area (Å²) in [5.41, 5.74) is 0. The largest absolute Gasteiger partial charge is 0.481 e. The first-order chi connectivity index (χ1) is 4.57. The van der Waals surface area contributed by atoms with E-state index in [-0.39, 0.29) is 12.4 Å². The second kappa shape index (κ2) is 5.94. The molecule has 0 aromatic carbocycles. The number of rotatable bonds is 4. The summed E-state index contributed by atoms with van der Waals surface area (Å²) in [4.78, 5) is 20.1. The van der Waals surface area contributed by atoms with Gasteiger partial charge in [-0.2, -0.15) is 0 Å². The average molecular weight is 184 g/mol. The van der Waals surface area contributed by atoms with Crippen LogP contribution in [0.4, 0.5) is 0 Å². The highest BCUT2D eigenvalue weighted by Gasteiger charge is 2.17. The maximum Gasteiger partial charge on any atom is 0.321 e. The van der Waals surface area contributed by atoms with Crippen LogP contribution in [0.3, 0.4) is 0 Å². The Morgan fingerprint density at radius 2 is 1.91 bits per heavy atom. The molecule has 3 N–H and O–H groups in total. The van der Waals surface area contributed by atoms with Gasteiger partial charge in [-0.1, -0.05) is 0 Å². The molecule has 1 unspecified atom stereocenters. The van der Waals surface area contributed by atoms with Crippen molar-refractivity contribution in [1.82, 2.24) is 5.32 Å². The second-order valence-corrected chi connectivity index (χ2v) is 1.78. The SMILES string of the molecule is CNC(CC(=O)O)C(=O)O.Cl. The molecule has 5 nitrogen and oxygen atoms in total. The van der Waals surface area contributed by atoms with Crippen molar-refractivity contribution in [3.8, 4) is 0 Å². The Bertz CT molecular complexity index is 149. The van der Waals surface area contributed by atoms with E-state index < -0.39 is 24.4 Å². The van der Waals surface area contributed by atoms with Crippen LogP contribution in [-0.2, 0) is 9.59 Å². The highest BCUT2D eigenvalue weighted by Crippen LogP contribution is 1.89. The minimum absolute atomic E-state index is 0. The molecule has 1 atom stereocenters. The molecule has 0 aliphatic carbocycles. The van der Waals surface area contributed by atoms with Crippen molar-refractivity contribution in [3.05, 3.63) is 0 Å². The third-order valence-corrected chi connectivity index (χ3v) is 1.03. The molecule has 0 radical (unpaired) electrons. The molecule has 0 bridgehead atoms. The van der Waals surface area contributed by atoms with Gasteiger partial charge in [0.15, 0.2) is 0 Å². The molecule has 0 spiro atoms. The number of carboxylic acid groups (broad SMARTS) is 2. The number of aliphatic carboxylic acids is 2. The van der Waals surface area contributed by atoms with Crippen LogP contribution < -0.4 is 5.32 Å². The zero-order valence-electron chi connectivity index (χ0n) is 5.90. The molecule has 6 heteroatoms. The van der Waals surface area contributed by atoms with E-state index in [2.05, 4.69) is 5.32 Å². The summed E-state index contributed by atoms with van der Waals surface area (Å²) in [7, 11) is 1.40. The van der Waals surface area contributed by atoms with Crippen LogP contribution in [0, 0.1) is 0 Å². The standard InChI is InChI=1S/C5H9NO4.ClH/c1-6-3(5(9)10)2-4(7)8;/h3,6H,2H2,1H3,(H,7,8)(H,9,10);1H. The molecule has 66 valence electrons. The molecule has 0 rings (SSSR count). The van der Waals surface area contributed by atoms with Crippen LogP contribution in [0.2, 0.25) is 0 Å². The van der Waals surface area contributed by atoms with Gasteiger partial charge in [0, 0.05) is 0 Å². The van der Waals surface area contributed by atoms with Crippen LogP contribution in [0.25, 0.3) is 0 Å². The molecule has 0 amide bonds. The third kappa shape index (κ3) is 5.63. The van der Waals surface area contributed by atoms with Crippen molar-refractivity contribution in [2.75, 3.05) is 7.05 Å². The average Bonchev–Trinajstić information content (AvgIpc) is 1.81. The van der Waals surface area contributed by atoms with Crippen molar-refractivity contribution >= 4 is 24.3 Å². The monoisotopic (exact) mass is 183 g/mol. The summed E-state index contributed by atoms with van der Waals surface area (Å²) in [6.45, 7) is 0. The Balaban J connectivity index is 0. The van der Waals surface area contributed by atoms with Crippen LogP contribution in [0.15, 0.2) is 0 Å². The van der Waals surface area contributed by atoms with Crippen molar-refractivity contribution < 1.29 is 19.8 Å². The van der Waals surface area contributed by atoms with E-state index in [0.717, 1.165) is 0 Å². The first-order valence-electron chi connectivity index (χ1n) is 2.69. The van der Waals surface area contributed by atoms with Gasteiger partial charge in [0.2, 0.25) is 0 Å². The number of likely N-dealkylation sites (N-methyl/N-ethyl adjacent to an activating group) is 1. The summed E-state index contributed by atoms with van der Waals surface area (Å²) in [6, 6.07) is -0.988. The lowest BCUT2D eigenvalue weighted by Crippen LogP contribution is -2.35. The van der Waals surface area contributed by atoms with Crippen LogP contribution >= 0.6 is 12.4 Å². The Morgan fingerprint density at radius 3 is 2.00 bits per heavy atom. The van der Waals surface area contributed by atoms with Gasteiger partial charge >= 0.3 is 11.9 Å². The summed E-state index contributed by atoms with van der Waals surface area (Å²) in [6.07, 6.45) is -0.397. The van der Waals surface area contributed by atoms with Crippen molar-refractivity contribution in [2.45, 2.75) is 12.5 Å². The molecule has 0 saturated carbocycles. The minimum Gasteiger partial charge on any atom is -0.481 e. The van der Waals surface area contributed by atoms with Crippen LogP contribution in [-0.4, -0.2) is 35.2 Å². The van der Waals surface area contributed by atoms with Gasteiger partial charge in [-0.3, -0.25) is 9.59 Å². The molecular weight excluding hydrogens is 174 g/mol. The molecule has 11 heavy (non-hydrogen) atoms. The molecule has 0 saturated heterocycles. The number of nitrogens with one attached hydrogen (secondary N) is 1. The van der Waals surface area contributed by atoms with Gasteiger partial charge in [0.1, 0.15) is 6.04 Å². The number of carboxylic acids is 2. The number of carbonyl (C=O) groups is 2. The Labute approximate surface area is 69.8 Å². The summed E-state index contributed by atoms with van der Waals surface area (Å²) < 4.78 is 0. The van der Waals surface area contributed by atoms with Crippen molar-refractivity contribution in [2.24, 2.45) is 0 Å². The molecule has 0 fully saturated rings.